The van der Waals surface area contributed by atoms with Gasteiger partial charge in [-0.2, -0.15) is 0 Å². The van der Waals surface area contributed by atoms with E-state index in [-0.39, 0.29) is 23.4 Å². The van der Waals surface area contributed by atoms with Gasteiger partial charge in [-0.15, -0.1) is 0 Å². The van der Waals surface area contributed by atoms with Crippen LogP contribution in [-0.2, 0) is 13.1 Å². The first-order valence-corrected chi connectivity index (χ1v) is 9.86. The molecule has 1 atom stereocenters. The van der Waals surface area contributed by atoms with Crippen LogP contribution in [0.5, 0.6) is 11.5 Å². The number of nitrogens with zero attached hydrogens (tertiary/aromatic N) is 2. The molecule has 1 aromatic heterocycles. The average Bonchev–Trinajstić information content (AvgIpc) is 3.07. The molecule has 0 bridgehead atoms. The largest absolute Gasteiger partial charge is 0.507 e. The summed E-state index contributed by atoms with van der Waals surface area (Å²) in [6, 6.07) is 9.83. The first-order valence-electron chi connectivity index (χ1n) is 9.86. The number of fused-ring (bicyclic) bond motifs is 2. The Balaban J connectivity index is 0.000000660. The molecule has 0 amide bonds. The van der Waals surface area contributed by atoms with Gasteiger partial charge in [0.05, 0.1) is 0 Å². The number of benzene rings is 2. The van der Waals surface area contributed by atoms with Gasteiger partial charge in [0.25, 0.3) is 0 Å². The molecule has 1 aliphatic heterocycles. The van der Waals surface area contributed by atoms with Crippen molar-refractivity contribution < 1.29 is 14.6 Å². The molecule has 1 aliphatic rings. The number of aromatic hydroxyl groups is 2. The molecular formula is C23H29FN2O2. The highest BCUT2D eigenvalue weighted by Crippen LogP contribution is 2.48. The molecule has 150 valence electrons. The lowest BCUT2D eigenvalue weighted by molar-refractivity contribution is 0.217. The first-order chi connectivity index (χ1) is 13.6. The summed E-state index contributed by atoms with van der Waals surface area (Å²) in [5.74, 6) is 0.0518. The fraction of sp³-hybridized carbons (Fsp3) is 0.348. The predicted molar refractivity (Wildman–Crippen MR) is 112 cm³/mol. The number of pyridine rings is 1. The van der Waals surface area contributed by atoms with Crippen molar-refractivity contribution in [1.29, 1.82) is 0 Å². The fourth-order valence-corrected chi connectivity index (χ4v) is 3.49. The molecule has 2 heterocycles. The minimum absolute atomic E-state index is 0.0550. The van der Waals surface area contributed by atoms with Crippen molar-refractivity contribution >= 4 is 10.9 Å². The van der Waals surface area contributed by atoms with E-state index in [0.29, 0.717) is 29.6 Å². The van der Waals surface area contributed by atoms with E-state index in [9.17, 15) is 14.6 Å². The van der Waals surface area contributed by atoms with Crippen molar-refractivity contribution in [2.45, 2.75) is 53.8 Å². The maximum absolute atomic E-state index is 13.1. The second kappa shape index (κ2) is 9.51. The standard InChI is InChI=1S/C19H17FN2O2.2C2H6/c1-11-16-15(10-22(11)9-12-4-6-13(20)7-5-12)19(24)17-14(18(16)23)3-2-8-21-17;2*1-2/h2-8,11,23-24H,9-10H2,1H3;2*1-2H3. The summed E-state index contributed by atoms with van der Waals surface area (Å²) in [6.45, 7) is 11.1. The fourth-order valence-electron chi connectivity index (χ4n) is 3.49. The van der Waals surface area contributed by atoms with Gasteiger partial charge >= 0.3 is 0 Å². The average molecular weight is 384 g/mol. The van der Waals surface area contributed by atoms with Crippen molar-refractivity contribution in [2.24, 2.45) is 0 Å². The van der Waals surface area contributed by atoms with Crippen LogP contribution < -0.4 is 0 Å². The third kappa shape index (κ3) is 3.94. The van der Waals surface area contributed by atoms with Gasteiger partial charge in [-0.3, -0.25) is 9.88 Å². The van der Waals surface area contributed by atoms with Crippen LogP contribution in [0, 0.1) is 5.82 Å². The molecule has 5 heteroatoms. The molecule has 0 saturated carbocycles. The van der Waals surface area contributed by atoms with Crippen LogP contribution in [0.15, 0.2) is 42.6 Å². The monoisotopic (exact) mass is 384 g/mol. The van der Waals surface area contributed by atoms with Crippen LogP contribution in [0.3, 0.4) is 0 Å². The maximum Gasteiger partial charge on any atom is 0.146 e. The van der Waals surface area contributed by atoms with E-state index in [1.165, 1.54) is 12.1 Å². The van der Waals surface area contributed by atoms with E-state index in [0.717, 1.165) is 11.1 Å². The van der Waals surface area contributed by atoms with Crippen molar-refractivity contribution in [1.82, 2.24) is 9.88 Å². The van der Waals surface area contributed by atoms with Crippen LogP contribution in [0.2, 0.25) is 0 Å². The topological polar surface area (TPSA) is 56.6 Å². The minimum Gasteiger partial charge on any atom is -0.507 e. The third-order valence-electron chi connectivity index (χ3n) is 4.78. The Hall–Kier alpha value is -2.66. The van der Waals surface area contributed by atoms with Crippen LogP contribution in [0.25, 0.3) is 10.9 Å². The highest BCUT2D eigenvalue weighted by Gasteiger charge is 2.33. The van der Waals surface area contributed by atoms with E-state index in [4.69, 9.17) is 0 Å². The van der Waals surface area contributed by atoms with Crippen LogP contribution in [0.4, 0.5) is 4.39 Å². The second-order valence-corrected chi connectivity index (χ2v) is 6.20. The number of phenolic OH excluding ortho intramolecular Hbond substituents is 2. The molecule has 0 aliphatic carbocycles. The zero-order valence-corrected chi connectivity index (χ0v) is 17.2. The second-order valence-electron chi connectivity index (χ2n) is 6.20. The number of aromatic nitrogens is 1. The van der Waals surface area contributed by atoms with Crippen LogP contribution >= 0.6 is 0 Å². The number of halogens is 1. The lowest BCUT2D eigenvalue weighted by Gasteiger charge is -2.21. The van der Waals surface area contributed by atoms with Crippen molar-refractivity contribution in [2.75, 3.05) is 0 Å². The summed E-state index contributed by atoms with van der Waals surface area (Å²) < 4.78 is 13.1. The summed E-state index contributed by atoms with van der Waals surface area (Å²) in [7, 11) is 0. The highest BCUT2D eigenvalue weighted by atomic mass is 19.1. The van der Waals surface area contributed by atoms with E-state index in [2.05, 4.69) is 9.88 Å². The molecule has 0 radical (unpaired) electrons. The van der Waals surface area contributed by atoms with Crippen molar-refractivity contribution in [3.05, 3.63) is 65.1 Å². The summed E-state index contributed by atoms with van der Waals surface area (Å²) in [4.78, 5) is 6.33. The van der Waals surface area contributed by atoms with Gasteiger partial charge in [0.2, 0.25) is 0 Å². The molecule has 3 aromatic rings. The Labute approximate surface area is 166 Å². The molecule has 0 spiro atoms. The number of hydrogen-bond acceptors (Lipinski definition) is 4. The molecule has 0 fully saturated rings. The Kier molecular flexibility index (Phi) is 7.35. The van der Waals surface area contributed by atoms with Gasteiger partial charge in [-0.1, -0.05) is 39.8 Å². The lowest BCUT2D eigenvalue weighted by atomic mass is 9.99. The molecule has 4 rings (SSSR count). The molecule has 2 N–H and O–H groups in total. The Morgan fingerprint density at radius 1 is 1.04 bits per heavy atom. The molecule has 2 aromatic carbocycles. The number of hydrogen-bond donors (Lipinski definition) is 2. The summed E-state index contributed by atoms with van der Waals surface area (Å²) in [5.41, 5.74) is 2.87. The van der Waals surface area contributed by atoms with Crippen LogP contribution in [-0.4, -0.2) is 20.1 Å². The van der Waals surface area contributed by atoms with Gasteiger partial charge in [-0.25, -0.2) is 4.39 Å². The maximum atomic E-state index is 13.1. The summed E-state index contributed by atoms with van der Waals surface area (Å²) >= 11 is 0. The quantitative estimate of drug-likeness (QED) is 0.539. The molecule has 1 unspecified atom stereocenters. The van der Waals surface area contributed by atoms with Crippen molar-refractivity contribution in [3.8, 4) is 11.5 Å². The Morgan fingerprint density at radius 3 is 2.32 bits per heavy atom. The SMILES string of the molecule is CC.CC.CC1c2c(c(O)c3ncccc3c2O)CN1Cc1ccc(F)cc1. The third-order valence-corrected chi connectivity index (χ3v) is 4.78. The molecular weight excluding hydrogens is 355 g/mol. The van der Waals surface area contributed by atoms with Gasteiger partial charge in [-0.05, 0) is 36.8 Å². The van der Waals surface area contributed by atoms with E-state index < -0.39 is 0 Å². The zero-order chi connectivity index (χ0) is 20.8. The van der Waals surface area contributed by atoms with Crippen LogP contribution in [0.1, 0.15) is 57.4 Å². The molecule has 4 nitrogen and oxygen atoms in total. The Morgan fingerprint density at radius 2 is 1.68 bits per heavy atom. The first kappa shape index (κ1) is 21.6. The minimum atomic E-state index is -0.260. The van der Waals surface area contributed by atoms with Gasteiger partial charge in [0.15, 0.2) is 0 Å². The lowest BCUT2D eigenvalue weighted by Crippen LogP contribution is -2.19. The smallest absolute Gasteiger partial charge is 0.146 e. The van der Waals surface area contributed by atoms with Gasteiger partial charge in [0.1, 0.15) is 22.8 Å². The van der Waals surface area contributed by atoms with E-state index >= 15 is 0 Å². The van der Waals surface area contributed by atoms with E-state index in [1.807, 2.05) is 34.6 Å². The van der Waals surface area contributed by atoms with E-state index in [1.54, 1.807) is 30.5 Å². The Bertz CT molecular complexity index is 926. The predicted octanol–water partition coefficient (Wildman–Crippen LogP) is 5.91. The molecule has 0 saturated heterocycles. The highest BCUT2D eigenvalue weighted by molar-refractivity contribution is 5.93. The van der Waals surface area contributed by atoms with Gasteiger partial charge < -0.3 is 10.2 Å². The molecule has 28 heavy (non-hydrogen) atoms. The van der Waals surface area contributed by atoms with Gasteiger partial charge in [0, 0.05) is 41.8 Å². The number of phenols is 2. The summed E-state index contributed by atoms with van der Waals surface area (Å²) in [5, 5.41) is 21.8. The zero-order valence-electron chi connectivity index (χ0n) is 17.2. The normalized spacial score (nSPS) is 15.3. The number of rotatable bonds is 2. The summed E-state index contributed by atoms with van der Waals surface area (Å²) in [6.07, 6.45) is 1.60. The van der Waals surface area contributed by atoms with Crippen molar-refractivity contribution in [3.63, 3.8) is 0 Å².